The first-order chi connectivity index (χ1) is 11.2. The highest BCUT2D eigenvalue weighted by atomic mass is 35.5. The van der Waals surface area contributed by atoms with Crippen molar-refractivity contribution in [3.63, 3.8) is 0 Å². The molecular weight excluding hydrogens is 349 g/mol. The van der Waals surface area contributed by atoms with E-state index in [0.717, 1.165) is 12.8 Å². The summed E-state index contributed by atoms with van der Waals surface area (Å²) in [5.41, 5.74) is 0.591. The molecule has 0 saturated carbocycles. The predicted molar refractivity (Wildman–Crippen MR) is 97.0 cm³/mol. The van der Waals surface area contributed by atoms with E-state index < -0.39 is 14.1 Å². The Morgan fingerprint density at radius 1 is 1.38 bits per heavy atom. The standard InChI is InChI=1S/C17H23ClFNO3Si/c1-12(23-24(2,3)4)20-11-13-9-15(18)16(19)10-17(13)22-14-5-7-21-8-6-14/h9-11,14H,1,5-8H2,2-4H3/b20-11+. The molecule has 2 rings (SSSR count). The number of rotatable bonds is 6. The summed E-state index contributed by atoms with van der Waals surface area (Å²) in [5.74, 6) is 0.216. The molecule has 1 saturated heterocycles. The normalized spacial score (nSPS) is 16.4. The van der Waals surface area contributed by atoms with E-state index in [1.54, 1.807) is 6.21 Å². The Morgan fingerprint density at radius 3 is 2.67 bits per heavy atom. The van der Waals surface area contributed by atoms with Gasteiger partial charge in [-0.3, -0.25) is 0 Å². The van der Waals surface area contributed by atoms with Gasteiger partial charge in [-0.05, 0) is 32.3 Å². The second kappa shape index (κ2) is 8.14. The van der Waals surface area contributed by atoms with Crippen LogP contribution in [0.25, 0.3) is 0 Å². The lowest BCUT2D eigenvalue weighted by atomic mass is 10.1. The van der Waals surface area contributed by atoms with Gasteiger partial charge in [-0.15, -0.1) is 0 Å². The molecule has 24 heavy (non-hydrogen) atoms. The maximum absolute atomic E-state index is 13.8. The molecule has 0 radical (unpaired) electrons. The molecule has 1 aliphatic rings. The summed E-state index contributed by atoms with van der Waals surface area (Å²) >= 11 is 5.89. The molecule has 0 N–H and O–H groups in total. The van der Waals surface area contributed by atoms with Gasteiger partial charge in [0.15, 0.2) is 5.88 Å². The van der Waals surface area contributed by atoms with Crippen LogP contribution in [0.15, 0.2) is 29.6 Å². The lowest BCUT2D eigenvalue weighted by Crippen LogP contribution is -2.26. The molecule has 1 heterocycles. The van der Waals surface area contributed by atoms with Crippen molar-refractivity contribution >= 4 is 26.1 Å². The Labute approximate surface area is 148 Å². The second-order valence-electron chi connectivity index (χ2n) is 6.60. The first-order valence-electron chi connectivity index (χ1n) is 7.90. The lowest BCUT2D eigenvalue weighted by molar-refractivity contribution is 0.0254. The fourth-order valence-electron chi connectivity index (χ4n) is 2.24. The number of benzene rings is 1. The molecule has 4 nitrogen and oxygen atoms in total. The van der Waals surface area contributed by atoms with Crippen LogP contribution in [0.4, 0.5) is 4.39 Å². The Balaban J connectivity index is 2.17. The fraction of sp³-hybridized carbons (Fsp3) is 0.471. The minimum absolute atomic E-state index is 0.00657. The molecule has 0 spiro atoms. The number of hydrogen-bond acceptors (Lipinski definition) is 4. The van der Waals surface area contributed by atoms with Crippen molar-refractivity contribution in [2.75, 3.05) is 13.2 Å². The molecule has 0 unspecified atom stereocenters. The van der Waals surface area contributed by atoms with E-state index in [-0.39, 0.29) is 11.1 Å². The minimum Gasteiger partial charge on any atom is -0.532 e. The SMILES string of the molecule is C=C(/N=C/c1cc(Cl)c(F)cc1OC1CCOCC1)O[Si](C)(C)C. The highest BCUT2D eigenvalue weighted by Crippen LogP contribution is 2.28. The van der Waals surface area contributed by atoms with Gasteiger partial charge in [0, 0.05) is 30.7 Å². The monoisotopic (exact) mass is 371 g/mol. The highest BCUT2D eigenvalue weighted by molar-refractivity contribution is 6.70. The third kappa shape index (κ3) is 5.92. The number of aliphatic imine (C=N–C) groups is 1. The van der Waals surface area contributed by atoms with Crippen molar-refractivity contribution in [3.8, 4) is 5.75 Å². The van der Waals surface area contributed by atoms with Gasteiger partial charge in [0.2, 0.25) is 8.32 Å². The first kappa shape index (κ1) is 19.0. The maximum atomic E-state index is 13.8. The zero-order valence-corrected chi connectivity index (χ0v) is 16.0. The summed E-state index contributed by atoms with van der Waals surface area (Å²) in [6, 6.07) is 2.79. The topological polar surface area (TPSA) is 40.0 Å². The fourth-order valence-corrected chi connectivity index (χ4v) is 3.17. The zero-order chi connectivity index (χ0) is 17.7. The van der Waals surface area contributed by atoms with Crippen LogP contribution >= 0.6 is 11.6 Å². The van der Waals surface area contributed by atoms with Crippen molar-refractivity contribution < 1.29 is 18.3 Å². The average molecular weight is 372 g/mol. The van der Waals surface area contributed by atoms with Gasteiger partial charge in [-0.1, -0.05) is 11.6 Å². The summed E-state index contributed by atoms with van der Waals surface area (Å²) in [6.07, 6.45) is 3.08. The van der Waals surface area contributed by atoms with Crippen molar-refractivity contribution in [2.45, 2.75) is 38.6 Å². The van der Waals surface area contributed by atoms with E-state index in [1.165, 1.54) is 12.1 Å². The molecule has 0 bridgehead atoms. The van der Waals surface area contributed by atoms with Gasteiger partial charge in [0.1, 0.15) is 17.7 Å². The molecule has 0 amide bonds. The molecule has 0 atom stereocenters. The van der Waals surface area contributed by atoms with E-state index in [1.807, 2.05) is 19.6 Å². The van der Waals surface area contributed by atoms with Gasteiger partial charge in [0.05, 0.1) is 18.2 Å². The predicted octanol–water partition coefficient (Wildman–Crippen LogP) is 4.78. The van der Waals surface area contributed by atoms with Crippen LogP contribution in [0.1, 0.15) is 18.4 Å². The smallest absolute Gasteiger partial charge is 0.244 e. The van der Waals surface area contributed by atoms with E-state index in [9.17, 15) is 4.39 Å². The van der Waals surface area contributed by atoms with E-state index >= 15 is 0 Å². The van der Waals surface area contributed by atoms with Crippen molar-refractivity contribution in [1.82, 2.24) is 0 Å². The molecule has 1 aromatic rings. The summed E-state index contributed by atoms with van der Waals surface area (Å²) < 4.78 is 30.7. The van der Waals surface area contributed by atoms with Crippen molar-refractivity contribution in [2.24, 2.45) is 4.99 Å². The van der Waals surface area contributed by atoms with Gasteiger partial charge in [-0.2, -0.15) is 0 Å². The van der Waals surface area contributed by atoms with Crippen molar-refractivity contribution in [1.29, 1.82) is 0 Å². The molecule has 7 heteroatoms. The Bertz CT molecular complexity index is 625. The Kier molecular flexibility index (Phi) is 6.43. The van der Waals surface area contributed by atoms with Crippen LogP contribution in [0.3, 0.4) is 0 Å². The molecule has 1 aromatic carbocycles. The molecule has 1 aliphatic heterocycles. The summed E-state index contributed by atoms with van der Waals surface area (Å²) in [4.78, 5) is 4.21. The van der Waals surface area contributed by atoms with Crippen LogP contribution < -0.4 is 4.74 Å². The van der Waals surface area contributed by atoms with Gasteiger partial charge >= 0.3 is 0 Å². The first-order valence-corrected chi connectivity index (χ1v) is 11.7. The van der Waals surface area contributed by atoms with Gasteiger partial charge in [0.25, 0.3) is 0 Å². The number of hydrogen-bond donors (Lipinski definition) is 0. The third-order valence-corrected chi connectivity index (χ3v) is 4.42. The molecular formula is C17H23ClFNO3Si. The quantitative estimate of drug-likeness (QED) is 0.410. The van der Waals surface area contributed by atoms with Crippen molar-refractivity contribution in [3.05, 3.63) is 41.0 Å². The second-order valence-corrected chi connectivity index (χ2v) is 11.4. The summed E-state index contributed by atoms with van der Waals surface area (Å²) in [6.45, 7) is 11.2. The molecule has 0 aromatic heterocycles. The zero-order valence-electron chi connectivity index (χ0n) is 14.3. The van der Waals surface area contributed by atoms with Gasteiger partial charge in [-0.25, -0.2) is 9.38 Å². The van der Waals surface area contributed by atoms with Gasteiger partial charge < -0.3 is 13.9 Å². The van der Waals surface area contributed by atoms with E-state index in [0.29, 0.717) is 30.4 Å². The highest BCUT2D eigenvalue weighted by Gasteiger charge is 2.19. The maximum Gasteiger partial charge on any atom is 0.244 e. The summed E-state index contributed by atoms with van der Waals surface area (Å²) in [7, 11) is -1.77. The molecule has 0 aliphatic carbocycles. The average Bonchev–Trinajstić information content (AvgIpc) is 2.48. The lowest BCUT2D eigenvalue weighted by Gasteiger charge is -2.24. The number of nitrogens with zero attached hydrogens (tertiary/aromatic N) is 1. The van der Waals surface area contributed by atoms with Crippen LogP contribution in [-0.4, -0.2) is 33.8 Å². The minimum atomic E-state index is -1.77. The van der Waals surface area contributed by atoms with E-state index in [4.69, 9.17) is 25.5 Å². The molecule has 1 fully saturated rings. The van der Waals surface area contributed by atoms with E-state index in [2.05, 4.69) is 11.6 Å². The summed E-state index contributed by atoms with van der Waals surface area (Å²) in [5, 5.41) is 0.0208. The number of ether oxygens (including phenoxy) is 2. The Hall–Kier alpha value is -1.37. The van der Waals surface area contributed by atoms with Crippen LogP contribution in [0.2, 0.25) is 24.7 Å². The van der Waals surface area contributed by atoms with Crippen LogP contribution in [-0.2, 0) is 9.16 Å². The largest absolute Gasteiger partial charge is 0.532 e. The third-order valence-electron chi connectivity index (χ3n) is 3.29. The Morgan fingerprint density at radius 2 is 2.04 bits per heavy atom. The van der Waals surface area contributed by atoms with Crippen LogP contribution in [0, 0.1) is 5.82 Å². The molecule has 132 valence electrons. The van der Waals surface area contributed by atoms with Crippen LogP contribution in [0.5, 0.6) is 5.75 Å². The number of halogens is 2.